The van der Waals surface area contributed by atoms with Gasteiger partial charge in [-0.25, -0.2) is 0 Å². The van der Waals surface area contributed by atoms with Gasteiger partial charge >= 0.3 is 0 Å². The summed E-state index contributed by atoms with van der Waals surface area (Å²) in [6.45, 7) is 10.9. The van der Waals surface area contributed by atoms with Crippen molar-refractivity contribution in [2.75, 3.05) is 0 Å². The molecule has 2 nitrogen and oxygen atoms in total. The molecule has 0 aromatic rings. The van der Waals surface area contributed by atoms with Crippen molar-refractivity contribution in [1.29, 1.82) is 0 Å². The Morgan fingerprint density at radius 3 is 2.73 bits per heavy atom. The van der Waals surface area contributed by atoms with Gasteiger partial charge < -0.3 is 9.84 Å². The van der Waals surface area contributed by atoms with Crippen LogP contribution in [0.25, 0.3) is 0 Å². The zero-order chi connectivity index (χ0) is 16.3. The van der Waals surface area contributed by atoms with Crippen molar-refractivity contribution in [3.05, 3.63) is 58.4 Å². The van der Waals surface area contributed by atoms with Crippen molar-refractivity contribution < 1.29 is 9.84 Å². The maximum atomic E-state index is 9.61. The monoisotopic (exact) mass is 300 g/mol. The molecule has 1 heterocycles. The normalized spacial score (nSPS) is 25.9. The molecule has 1 unspecified atom stereocenters. The molecule has 0 amide bonds. The summed E-state index contributed by atoms with van der Waals surface area (Å²) >= 11 is 0. The zero-order valence-electron chi connectivity index (χ0n) is 14.4. The number of aliphatic hydroxyl groups is 1. The first-order valence-corrected chi connectivity index (χ1v) is 8.09. The van der Waals surface area contributed by atoms with Crippen molar-refractivity contribution >= 4 is 0 Å². The number of aliphatic hydroxyl groups excluding tert-OH is 1. The summed E-state index contributed by atoms with van der Waals surface area (Å²) in [6.07, 6.45) is 12.9. The van der Waals surface area contributed by atoms with Gasteiger partial charge in [0.05, 0.1) is 0 Å². The largest absolute Gasteiger partial charge is 0.461 e. The number of hydrogen-bond donors (Lipinski definition) is 1. The molecule has 2 aliphatic rings. The summed E-state index contributed by atoms with van der Waals surface area (Å²) in [6, 6.07) is 0. The maximum Gasteiger partial charge on any atom is 0.217 e. The van der Waals surface area contributed by atoms with Gasteiger partial charge in [-0.3, -0.25) is 0 Å². The van der Waals surface area contributed by atoms with Crippen molar-refractivity contribution in [1.82, 2.24) is 0 Å². The molecule has 0 fully saturated rings. The lowest BCUT2D eigenvalue weighted by molar-refractivity contribution is -0.0249. The van der Waals surface area contributed by atoms with E-state index in [1.54, 1.807) is 6.08 Å². The fourth-order valence-electron chi connectivity index (χ4n) is 3.28. The second-order valence-electron chi connectivity index (χ2n) is 7.12. The Morgan fingerprint density at radius 2 is 2.09 bits per heavy atom. The van der Waals surface area contributed by atoms with E-state index in [1.165, 1.54) is 30.4 Å². The summed E-state index contributed by atoms with van der Waals surface area (Å²) in [5.74, 6) is 0.711. The summed E-state index contributed by atoms with van der Waals surface area (Å²) < 4.78 is 5.40. The number of ether oxygens (including phenoxy) is 1. The van der Waals surface area contributed by atoms with Gasteiger partial charge in [0.15, 0.2) is 0 Å². The molecule has 0 radical (unpaired) electrons. The van der Waals surface area contributed by atoms with Gasteiger partial charge in [-0.2, -0.15) is 0 Å². The highest BCUT2D eigenvalue weighted by Gasteiger charge is 2.26. The molecule has 0 spiro atoms. The van der Waals surface area contributed by atoms with E-state index in [-0.39, 0.29) is 5.41 Å². The lowest BCUT2D eigenvalue weighted by Gasteiger charge is -2.33. The van der Waals surface area contributed by atoms with E-state index in [9.17, 15) is 5.11 Å². The first-order chi connectivity index (χ1) is 10.3. The van der Waals surface area contributed by atoms with Gasteiger partial charge in [0.25, 0.3) is 0 Å². The van der Waals surface area contributed by atoms with Crippen LogP contribution in [0.4, 0.5) is 0 Å². The SMILES string of the molecule is CC1=CC(O)OC(/C=C(C)/C=C/C2=C(C)CCCC2(C)C)=C1. The standard InChI is InChI=1S/C20H28O2/c1-14(11-17-12-15(2)13-19(21)22-17)8-9-18-16(3)7-6-10-20(18,4)5/h8-9,11-13,19,21H,6-7,10H2,1-5H3/b9-8+,14-11+. The minimum Gasteiger partial charge on any atom is -0.461 e. The average Bonchev–Trinajstić information content (AvgIpc) is 2.35. The van der Waals surface area contributed by atoms with E-state index < -0.39 is 6.29 Å². The van der Waals surface area contributed by atoms with Crippen LogP contribution >= 0.6 is 0 Å². The first-order valence-electron chi connectivity index (χ1n) is 8.09. The molecule has 22 heavy (non-hydrogen) atoms. The molecule has 1 aliphatic carbocycles. The number of hydrogen-bond acceptors (Lipinski definition) is 2. The molecule has 1 atom stereocenters. The van der Waals surface area contributed by atoms with Crippen LogP contribution in [0.5, 0.6) is 0 Å². The summed E-state index contributed by atoms with van der Waals surface area (Å²) in [5.41, 5.74) is 5.36. The lowest BCUT2D eigenvalue weighted by Crippen LogP contribution is -2.19. The van der Waals surface area contributed by atoms with Crippen LogP contribution in [-0.4, -0.2) is 11.4 Å². The molecular formula is C20H28O2. The summed E-state index contributed by atoms with van der Waals surface area (Å²) in [4.78, 5) is 0. The van der Waals surface area contributed by atoms with Gasteiger partial charge in [0.1, 0.15) is 5.76 Å². The van der Waals surface area contributed by atoms with Crippen LogP contribution in [0, 0.1) is 5.41 Å². The van der Waals surface area contributed by atoms with Gasteiger partial charge in [-0.05, 0) is 80.4 Å². The Labute approximate surface area is 134 Å². The molecule has 0 aromatic heterocycles. The summed E-state index contributed by atoms with van der Waals surface area (Å²) in [5, 5.41) is 9.61. The fraction of sp³-hybridized carbons (Fsp3) is 0.500. The predicted octanol–water partition coefficient (Wildman–Crippen LogP) is 5.19. The molecule has 1 aliphatic heterocycles. The van der Waals surface area contributed by atoms with E-state index in [1.807, 2.05) is 19.1 Å². The van der Waals surface area contributed by atoms with Crippen molar-refractivity contribution in [2.45, 2.75) is 60.2 Å². The third-order valence-corrected chi connectivity index (χ3v) is 4.46. The van der Waals surface area contributed by atoms with Crippen molar-refractivity contribution in [2.24, 2.45) is 5.41 Å². The van der Waals surface area contributed by atoms with Gasteiger partial charge in [0, 0.05) is 0 Å². The number of allylic oxidation sites excluding steroid dienone is 8. The van der Waals surface area contributed by atoms with Crippen LogP contribution in [0.15, 0.2) is 58.4 Å². The van der Waals surface area contributed by atoms with E-state index >= 15 is 0 Å². The molecule has 0 saturated heterocycles. The third-order valence-electron chi connectivity index (χ3n) is 4.46. The second kappa shape index (κ2) is 6.70. The van der Waals surface area contributed by atoms with E-state index in [2.05, 4.69) is 39.8 Å². The fourth-order valence-corrected chi connectivity index (χ4v) is 3.28. The smallest absolute Gasteiger partial charge is 0.217 e. The van der Waals surface area contributed by atoms with E-state index in [0.717, 1.165) is 11.1 Å². The molecule has 1 N–H and O–H groups in total. The van der Waals surface area contributed by atoms with Crippen LogP contribution in [-0.2, 0) is 4.74 Å². The molecule has 120 valence electrons. The Kier molecular flexibility index (Phi) is 5.12. The van der Waals surface area contributed by atoms with Gasteiger partial charge in [-0.1, -0.05) is 31.6 Å². The Hall–Kier alpha value is -1.54. The topological polar surface area (TPSA) is 29.5 Å². The lowest BCUT2D eigenvalue weighted by atomic mass is 9.72. The molecular weight excluding hydrogens is 272 g/mol. The van der Waals surface area contributed by atoms with Crippen LogP contribution in [0.3, 0.4) is 0 Å². The molecule has 0 saturated carbocycles. The quantitative estimate of drug-likeness (QED) is 0.726. The van der Waals surface area contributed by atoms with Gasteiger partial charge in [0.2, 0.25) is 6.29 Å². The maximum absolute atomic E-state index is 9.61. The van der Waals surface area contributed by atoms with Crippen LogP contribution in [0.1, 0.15) is 53.9 Å². The summed E-state index contributed by atoms with van der Waals surface area (Å²) in [7, 11) is 0. The second-order valence-corrected chi connectivity index (χ2v) is 7.12. The highest BCUT2D eigenvalue weighted by Crippen LogP contribution is 2.40. The molecule has 2 heteroatoms. The highest BCUT2D eigenvalue weighted by molar-refractivity contribution is 5.38. The Morgan fingerprint density at radius 1 is 1.36 bits per heavy atom. The van der Waals surface area contributed by atoms with E-state index in [4.69, 9.17) is 4.74 Å². The third kappa shape index (κ3) is 4.23. The minimum atomic E-state index is -0.838. The van der Waals surface area contributed by atoms with Crippen molar-refractivity contribution in [3.8, 4) is 0 Å². The molecule has 0 bridgehead atoms. The minimum absolute atomic E-state index is 0.259. The first kappa shape index (κ1) is 16.8. The van der Waals surface area contributed by atoms with Gasteiger partial charge in [-0.15, -0.1) is 0 Å². The molecule has 0 aromatic carbocycles. The van der Waals surface area contributed by atoms with E-state index in [0.29, 0.717) is 5.76 Å². The van der Waals surface area contributed by atoms with Crippen LogP contribution < -0.4 is 0 Å². The Balaban J connectivity index is 2.16. The average molecular weight is 300 g/mol. The Bertz CT molecular complexity index is 583. The highest BCUT2D eigenvalue weighted by atomic mass is 16.6. The predicted molar refractivity (Wildman–Crippen MR) is 92.2 cm³/mol. The van der Waals surface area contributed by atoms with Crippen LogP contribution in [0.2, 0.25) is 0 Å². The van der Waals surface area contributed by atoms with Crippen molar-refractivity contribution in [3.63, 3.8) is 0 Å². The zero-order valence-corrected chi connectivity index (χ0v) is 14.4. The molecule has 2 rings (SSSR count). The number of rotatable bonds is 3.